The van der Waals surface area contributed by atoms with E-state index >= 15 is 0 Å². The Morgan fingerprint density at radius 1 is 1.44 bits per heavy atom. The van der Waals surface area contributed by atoms with Crippen LogP contribution in [0, 0.1) is 0 Å². The smallest absolute Gasteiger partial charge is 0.398 e. The van der Waals surface area contributed by atoms with Gasteiger partial charge in [-0.05, 0) is 18.2 Å². The van der Waals surface area contributed by atoms with Gasteiger partial charge in [-0.1, -0.05) is 15.9 Å². The molecule has 1 aromatic carbocycles. The van der Waals surface area contributed by atoms with Crippen LogP contribution in [0.25, 0.3) is 0 Å². The third-order valence-corrected chi connectivity index (χ3v) is 2.20. The maximum absolute atomic E-state index is 11.8. The minimum Gasteiger partial charge on any atom is -0.398 e. The number of alkyl halides is 3. The highest BCUT2D eigenvalue weighted by Gasteiger charge is 2.28. The summed E-state index contributed by atoms with van der Waals surface area (Å²) in [5, 5.41) is 1.74. The molecule has 88 valence electrons. The number of hydrogen-bond acceptors (Lipinski definition) is 2. The number of hydrogen-bond donors (Lipinski definition) is 2. The number of halogens is 4. The van der Waals surface area contributed by atoms with Gasteiger partial charge in [0.1, 0.15) is 6.54 Å². The quantitative estimate of drug-likeness (QED) is 0.823. The highest BCUT2D eigenvalue weighted by molar-refractivity contribution is 9.10. The van der Waals surface area contributed by atoms with E-state index in [0.29, 0.717) is 4.47 Å². The topological polar surface area (TPSA) is 55.1 Å². The molecule has 0 radical (unpaired) electrons. The Hall–Kier alpha value is -1.24. The molecule has 1 aromatic rings. The third-order valence-electron chi connectivity index (χ3n) is 1.71. The van der Waals surface area contributed by atoms with Gasteiger partial charge in [0.2, 0.25) is 0 Å². The SMILES string of the molecule is Nc1cc(Br)ccc1C(=O)NCC(F)(F)F. The standard InChI is InChI=1S/C9H8BrF3N2O/c10-5-1-2-6(7(14)3-5)8(16)15-4-9(11,12)13/h1-3H,4,14H2,(H,15,16). The zero-order valence-electron chi connectivity index (χ0n) is 7.94. The van der Waals surface area contributed by atoms with Crippen LogP contribution >= 0.6 is 15.9 Å². The average Bonchev–Trinajstić information content (AvgIpc) is 2.13. The molecular weight excluding hydrogens is 289 g/mol. The first kappa shape index (κ1) is 12.8. The summed E-state index contributed by atoms with van der Waals surface area (Å²) in [5.41, 5.74) is 5.63. The van der Waals surface area contributed by atoms with E-state index in [1.807, 2.05) is 0 Å². The molecule has 0 spiro atoms. The fraction of sp³-hybridized carbons (Fsp3) is 0.222. The first-order chi connectivity index (χ1) is 7.29. The largest absolute Gasteiger partial charge is 0.405 e. The van der Waals surface area contributed by atoms with Crippen molar-refractivity contribution in [2.45, 2.75) is 6.18 Å². The Morgan fingerprint density at radius 3 is 2.56 bits per heavy atom. The lowest BCUT2D eigenvalue weighted by atomic mass is 10.1. The molecule has 1 amide bonds. The Balaban J connectivity index is 2.74. The molecule has 0 heterocycles. The Morgan fingerprint density at radius 2 is 2.06 bits per heavy atom. The van der Waals surface area contributed by atoms with E-state index in [4.69, 9.17) is 5.73 Å². The van der Waals surface area contributed by atoms with Crippen molar-refractivity contribution in [1.82, 2.24) is 5.32 Å². The Kier molecular flexibility index (Phi) is 3.79. The van der Waals surface area contributed by atoms with Gasteiger partial charge in [-0.2, -0.15) is 13.2 Å². The minimum atomic E-state index is -4.43. The second-order valence-electron chi connectivity index (χ2n) is 3.03. The van der Waals surface area contributed by atoms with Crippen LogP contribution in [-0.4, -0.2) is 18.6 Å². The van der Waals surface area contributed by atoms with Gasteiger partial charge in [0.15, 0.2) is 0 Å². The summed E-state index contributed by atoms with van der Waals surface area (Å²) >= 11 is 3.12. The fourth-order valence-electron chi connectivity index (χ4n) is 1.02. The monoisotopic (exact) mass is 296 g/mol. The number of amides is 1. The van der Waals surface area contributed by atoms with Crippen LogP contribution in [0.2, 0.25) is 0 Å². The van der Waals surface area contributed by atoms with Gasteiger partial charge in [0.05, 0.1) is 5.56 Å². The normalized spacial score (nSPS) is 11.2. The summed E-state index contributed by atoms with van der Waals surface area (Å²) in [6.07, 6.45) is -4.43. The second-order valence-corrected chi connectivity index (χ2v) is 3.95. The van der Waals surface area contributed by atoms with Gasteiger partial charge in [0.25, 0.3) is 5.91 Å². The maximum atomic E-state index is 11.8. The van der Waals surface area contributed by atoms with E-state index in [2.05, 4.69) is 15.9 Å². The number of nitrogens with two attached hydrogens (primary N) is 1. The van der Waals surface area contributed by atoms with Crippen molar-refractivity contribution in [2.24, 2.45) is 0 Å². The number of benzene rings is 1. The molecule has 0 saturated heterocycles. The number of carbonyl (C=O) groups excluding carboxylic acids is 1. The summed E-state index contributed by atoms with van der Waals surface area (Å²) < 4.78 is 36.2. The van der Waals surface area contributed by atoms with E-state index in [9.17, 15) is 18.0 Å². The van der Waals surface area contributed by atoms with E-state index in [1.54, 1.807) is 5.32 Å². The molecule has 0 aromatic heterocycles. The number of carbonyl (C=O) groups is 1. The van der Waals surface area contributed by atoms with Crippen LogP contribution < -0.4 is 11.1 Å². The van der Waals surface area contributed by atoms with Gasteiger partial charge in [-0.25, -0.2) is 0 Å². The molecule has 0 unspecified atom stereocenters. The minimum absolute atomic E-state index is 0.0208. The number of nitrogens with one attached hydrogen (secondary N) is 1. The van der Waals surface area contributed by atoms with Crippen LogP contribution in [0.1, 0.15) is 10.4 Å². The number of nitrogen functional groups attached to an aromatic ring is 1. The highest BCUT2D eigenvalue weighted by atomic mass is 79.9. The van der Waals surface area contributed by atoms with E-state index < -0.39 is 18.6 Å². The molecule has 7 heteroatoms. The summed E-state index contributed by atoms with van der Waals surface area (Å²) in [7, 11) is 0. The third kappa shape index (κ3) is 3.73. The van der Waals surface area contributed by atoms with Crippen LogP contribution in [0.3, 0.4) is 0 Å². The molecule has 0 fully saturated rings. The first-order valence-corrected chi connectivity index (χ1v) is 4.99. The van der Waals surface area contributed by atoms with Crippen LogP contribution in [-0.2, 0) is 0 Å². The average molecular weight is 297 g/mol. The summed E-state index contributed by atoms with van der Waals surface area (Å²) in [6.45, 7) is -1.37. The highest BCUT2D eigenvalue weighted by Crippen LogP contribution is 2.19. The van der Waals surface area contributed by atoms with Crippen molar-refractivity contribution < 1.29 is 18.0 Å². The second kappa shape index (κ2) is 4.73. The summed E-state index contributed by atoms with van der Waals surface area (Å²) in [4.78, 5) is 11.3. The zero-order valence-corrected chi connectivity index (χ0v) is 9.52. The van der Waals surface area contributed by atoms with Gasteiger partial charge in [-0.3, -0.25) is 4.79 Å². The van der Waals surface area contributed by atoms with E-state index in [1.165, 1.54) is 18.2 Å². The van der Waals surface area contributed by atoms with Gasteiger partial charge in [-0.15, -0.1) is 0 Å². The van der Waals surface area contributed by atoms with Crippen molar-refractivity contribution in [1.29, 1.82) is 0 Å². The molecule has 0 bridgehead atoms. The molecule has 0 atom stereocenters. The van der Waals surface area contributed by atoms with Gasteiger partial charge >= 0.3 is 6.18 Å². The zero-order chi connectivity index (χ0) is 12.3. The van der Waals surface area contributed by atoms with Crippen LogP contribution in [0.15, 0.2) is 22.7 Å². The molecule has 1 rings (SSSR count). The predicted molar refractivity (Wildman–Crippen MR) is 56.9 cm³/mol. The van der Waals surface area contributed by atoms with Gasteiger partial charge in [0, 0.05) is 10.2 Å². The molecule has 3 N–H and O–H groups in total. The number of rotatable bonds is 2. The molecule has 0 saturated carbocycles. The molecule has 3 nitrogen and oxygen atoms in total. The molecule has 0 aliphatic rings. The molecule has 0 aliphatic carbocycles. The Labute approximate surface area is 97.9 Å². The fourth-order valence-corrected chi connectivity index (χ4v) is 1.39. The van der Waals surface area contributed by atoms with Crippen molar-refractivity contribution in [2.75, 3.05) is 12.3 Å². The lowest BCUT2D eigenvalue weighted by Crippen LogP contribution is -2.34. The Bertz CT molecular complexity index is 406. The molecule has 0 aliphatic heterocycles. The maximum Gasteiger partial charge on any atom is 0.405 e. The lowest BCUT2D eigenvalue weighted by Gasteiger charge is -2.09. The summed E-state index contributed by atoms with van der Waals surface area (Å²) in [5.74, 6) is -0.845. The predicted octanol–water partition coefficient (Wildman–Crippen LogP) is 2.32. The van der Waals surface area contributed by atoms with Crippen LogP contribution in [0.4, 0.5) is 18.9 Å². The van der Waals surface area contributed by atoms with Crippen molar-refractivity contribution in [3.05, 3.63) is 28.2 Å². The van der Waals surface area contributed by atoms with E-state index in [-0.39, 0.29) is 11.3 Å². The van der Waals surface area contributed by atoms with E-state index in [0.717, 1.165) is 0 Å². The number of anilines is 1. The summed E-state index contributed by atoms with van der Waals surface area (Å²) in [6, 6.07) is 4.33. The first-order valence-electron chi connectivity index (χ1n) is 4.19. The van der Waals surface area contributed by atoms with Crippen molar-refractivity contribution >= 4 is 27.5 Å². The molecular formula is C9H8BrF3N2O. The van der Waals surface area contributed by atoms with Gasteiger partial charge < -0.3 is 11.1 Å². The van der Waals surface area contributed by atoms with Crippen molar-refractivity contribution in [3.63, 3.8) is 0 Å². The van der Waals surface area contributed by atoms with Crippen molar-refractivity contribution in [3.8, 4) is 0 Å². The van der Waals surface area contributed by atoms with Crippen LogP contribution in [0.5, 0.6) is 0 Å². The molecule has 16 heavy (non-hydrogen) atoms. The lowest BCUT2D eigenvalue weighted by molar-refractivity contribution is -0.123.